The molecule has 1 aromatic rings. The fourth-order valence-electron chi connectivity index (χ4n) is 4.45. The number of oxime groups is 1. The molecule has 0 spiro atoms. The molecule has 2 aliphatic rings. The molecule has 2 saturated heterocycles. The fourth-order valence-corrected chi connectivity index (χ4v) is 4.45. The number of benzene rings is 1. The van der Waals surface area contributed by atoms with Crippen molar-refractivity contribution in [3.8, 4) is 0 Å². The van der Waals surface area contributed by atoms with Gasteiger partial charge < -0.3 is 4.84 Å². The zero-order valence-corrected chi connectivity index (χ0v) is 13.6. The highest BCUT2D eigenvalue weighted by atomic mass is 19.1. The van der Waals surface area contributed by atoms with Crippen LogP contribution in [-0.4, -0.2) is 36.9 Å². The Labute approximate surface area is 132 Å². The molecule has 4 atom stereocenters. The van der Waals surface area contributed by atoms with Gasteiger partial charge >= 0.3 is 0 Å². The molecule has 22 heavy (non-hydrogen) atoms. The first-order chi connectivity index (χ1) is 10.7. The monoisotopic (exact) mass is 304 g/mol. The first-order valence-electron chi connectivity index (χ1n) is 8.23. The fraction of sp³-hybridized carbons (Fsp3) is 0.611. The van der Waals surface area contributed by atoms with Crippen molar-refractivity contribution in [2.45, 2.75) is 50.6 Å². The Morgan fingerprint density at radius 1 is 1.32 bits per heavy atom. The Kier molecular flexibility index (Phi) is 4.48. The molecule has 0 amide bonds. The van der Waals surface area contributed by atoms with Gasteiger partial charge in [0.1, 0.15) is 12.9 Å². The highest BCUT2D eigenvalue weighted by Crippen LogP contribution is 2.47. The third kappa shape index (κ3) is 2.65. The van der Waals surface area contributed by atoms with E-state index in [-0.39, 0.29) is 5.82 Å². The van der Waals surface area contributed by atoms with E-state index in [4.69, 9.17) is 4.84 Å². The van der Waals surface area contributed by atoms with Gasteiger partial charge in [0, 0.05) is 18.0 Å². The summed E-state index contributed by atoms with van der Waals surface area (Å²) in [6.07, 6.45) is 4.48. The second-order valence-electron chi connectivity index (χ2n) is 6.50. The summed E-state index contributed by atoms with van der Waals surface area (Å²) < 4.78 is 13.3. The molecule has 0 radical (unpaired) electrons. The van der Waals surface area contributed by atoms with Gasteiger partial charge in [-0.2, -0.15) is 0 Å². The standard InChI is InChI=1S/C18H25FN2O/c1-4-16(20-22-3)18-15(12-5-7-13(19)8-6-12)11-14-9-10-17(18)21(14)2/h5-8,14-15,17-18H,4,9-11H2,1-3H3/t14?,15-,17+,18+/m0/s1. The van der Waals surface area contributed by atoms with E-state index in [1.165, 1.54) is 18.4 Å². The maximum Gasteiger partial charge on any atom is 0.123 e. The Morgan fingerprint density at radius 3 is 2.68 bits per heavy atom. The lowest BCUT2D eigenvalue weighted by molar-refractivity contribution is 0.127. The summed E-state index contributed by atoms with van der Waals surface area (Å²) in [5.74, 6) is 0.597. The zero-order chi connectivity index (χ0) is 15.7. The normalized spacial score (nSPS) is 32.3. The third-order valence-electron chi connectivity index (χ3n) is 5.52. The molecule has 1 aromatic carbocycles. The number of hydrogen-bond acceptors (Lipinski definition) is 3. The number of hydrogen-bond donors (Lipinski definition) is 0. The lowest BCUT2D eigenvalue weighted by Gasteiger charge is -2.43. The van der Waals surface area contributed by atoms with E-state index in [1.54, 1.807) is 19.2 Å². The minimum atomic E-state index is -0.169. The van der Waals surface area contributed by atoms with Gasteiger partial charge in [-0.1, -0.05) is 24.2 Å². The van der Waals surface area contributed by atoms with Gasteiger partial charge in [0.2, 0.25) is 0 Å². The van der Waals surface area contributed by atoms with Gasteiger partial charge in [-0.15, -0.1) is 0 Å². The first kappa shape index (κ1) is 15.5. The molecule has 1 unspecified atom stereocenters. The summed E-state index contributed by atoms with van der Waals surface area (Å²) in [6.45, 7) is 2.14. The highest BCUT2D eigenvalue weighted by molar-refractivity contribution is 5.88. The Balaban J connectivity index is 1.98. The first-order valence-corrected chi connectivity index (χ1v) is 8.23. The van der Waals surface area contributed by atoms with Gasteiger partial charge in [-0.25, -0.2) is 4.39 Å². The molecule has 2 heterocycles. The van der Waals surface area contributed by atoms with Crippen LogP contribution in [0.1, 0.15) is 44.1 Å². The number of piperidine rings is 1. The van der Waals surface area contributed by atoms with Crippen molar-refractivity contribution < 1.29 is 9.23 Å². The molecule has 0 aliphatic carbocycles. The summed E-state index contributed by atoms with van der Waals surface area (Å²) >= 11 is 0. The van der Waals surface area contributed by atoms with Crippen molar-refractivity contribution in [2.24, 2.45) is 11.1 Å². The van der Waals surface area contributed by atoms with Crippen molar-refractivity contribution in [2.75, 3.05) is 14.2 Å². The molecule has 3 nitrogen and oxygen atoms in total. The molecule has 120 valence electrons. The van der Waals surface area contributed by atoms with Crippen LogP contribution in [0.5, 0.6) is 0 Å². The second-order valence-corrected chi connectivity index (χ2v) is 6.50. The van der Waals surface area contributed by atoms with Crippen molar-refractivity contribution in [1.29, 1.82) is 0 Å². The lowest BCUT2D eigenvalue weighted by atomic mass is 9.73. The van der Waals surface area contributed by atoms with E-state index < -0.39 is 0 Å². The maximum atomic E-state index is 13.3. The van der Waals surface area contributed by atoms with Crippen molar-refractivity contribution >= 4 is 5.71 Å². The summed E-state index contributed by atoms with van der Waals surface area (Å²) in [4.78, 5) is 7.62. The third-order valence-corrected chi connectivity index (χ3v) is 5.52. The average molecular weight is 304 g/mol. The van der Waals surface area contributed by atoms with Crippen LogP contribution in [0.25, 0.3) is 0 Å². The average Bonchev–Trinajstić information content (AvgIpc) is 2.76. The van der Waals surface area contributed by atoms with E-state index in [9.17, 15) is 4.39 Å². The lowest BCUT2D eigenvalue weighted by Crippen LogP contribution is -2.48. The van der Waals surface area contributed by atoms with E-state index in [1.807, 2.05) is 12.1 Å². The van der Waals surface area contributed by atoms with Crippen LogP contribution >= 0.6 is 0 Å². The summed E-state index contributed by atoms with van der Waals surface area (Å²) in [7, 11) is 3.85. The maximum absolute atomic E-state index is 13.3. The number of halogens is 1. The van der Waals surface area contributed by atoms with Crippen LogP contribution in [0.3, 0.4) is 0 Å². The van der Waals surface area contributed by atoms with Crippen LogP contribution < -0.4 is 0 Å². The highest BCUT2D eigenvalue weighted by Gasteiger charge is 2.47. The molecule has 0 saturated carbocycles. The van der Waals surface area contributed by atoms with Crippen molar-refractivity contribution in [3.05, 3.63) is 35.6 Å². The smallest absolute Gasteiger partial charge is 0.123 e. The molecule has 2 bridgehead atoms. The van der Waals surface area contributed by atoms with Gasteiger partial charge in [-0.05, 0) is 56.3 Å². The molecule has 0 aromatic heterocycles. The van der Waals surface area contributed by atoms with Crippen molar-refractivity contribution in [3.63, 3.8) is 0 Å². The van der Waals surface area contributed by atoms with Gasteiger partial charge in [0.15, 0.2) is 0 Å². The summed E-state index contributed by atoms with van der Waals surface area (Å²) in [6, 6.07) is 8.19. The Bertz CT molecular complexity index is 543. The van der Waals surface area contributed by atoms with Crippen LogP contribution in [0.4, 0.5) is 4.39 Å². The Hall–Kier alpha value is -1.42. The van der Waals surface area contributed by atoms with Gasteiger partial charge in [-0.3, -0.25) is 4.90 Å². The van der Waals surface area contributed by atoms with Crippen LogP contribution in [0.2, 0.25) is 0 Å². The predicted octanol–water partition coefficient (Wildman–Crippen LogP) is 3.80. The minimum Gasteiger partial charge on any atom is -0.399 e. The quantitative estimate of drug-likeness (QED) is 0.624. The molecule has 0 N–H and O–H groups in total. The van der Waals surface area contributed by atoms with E-state index >= 15 is 0 Å². The molecule has 3 rings (SSSR count). The van der Waals surface area contributed by atoms with Gasteiger partial charge in [0.05, 0.1) is 5.71 Å². The summed E-state index contributed by atoms with van der Waals surface area (Å²) in [5, 5.41) is 4.33. The molecule has 2 fully saturated rings. The van der Waals surface area contributed by atoms with Crippen LogP contribution in [-0.2, 0) is 4.84 Å². The number of nitrogens with zero attached hydrogens (tertiary/aromatic N) is 2. The molecule has 2 aliphatic heterocycles. The largest absolute Gasteiger partial charge is 0.399 e. The topological polar surface area (TPSA) is 24.8 Å². The molecule has 4 heteroatoms. The van der Waals surface area contributed by atoms with Crippen LogP contribution in [0.15, 0.2) is 29.4 Å². The zero-order valence-electron chi connectivity index (χ0n) is 13.6. The predicted molar refractivity (Wildman–Crippen MR) is 86.6 cm³/mol. The van der Waals surface area contributed by atoms with E-state index in [0.29, 0.717) is 23.9 Å². The minimum absolute atomic E-state index is 0.169. The van der Waals surface area contributed by atoms with Gasteiger partial charge in [0.25, 0.3) is 0 Å². The Morgan fingerprint density at radius 2 is 2.05 bits per heavy atom. The number of fused-ring (bicyclic) bond motifs is 2. The molecular formula is C18H25FN2O. The van der Waals surface area contributed by atoms with E-state index in [2.05, 4.69) is 24.0 Å². The summed E-state index contributed by atoms with van der Waals surface area (Å²) in [5.41, 5.74) is 2.36. The van der Waals surface area contributed by atoms with E-state index in [0.717, 1.165) is 18.6 Å². The van der Waals surface area contributed by atoms with Crippen LogP contribution in [0, 0.1) is 11.7 Å². The molecular weight excluding hydrogens is 279 g/mol. The SMILES string of the molecule is CCC(=NOC)[C@@H]1[C@H]2CCC(C[C@H]1c1ccc(F)cc1)N2C. The second kappa shape index (κ2) is 6.37. The number of rotatable bonds is 4. The van der Waals surface area contributed by atoms with Crippen molar-refractivity contribution in [1.82, 2.24) is 4.90 Å².